The first-order valence-electron chi connectivity index (χ1n) is 9.33. The molecule has 5 nitrogen and oxygen atoms in total. The fourth-order valence-corrected chi connectivity index (χ4v) is 5.18. The second-order valence-corrected chi connectivity index (χ2v) is 10.4. The molecule has 0 radical (unpaired) electrons. The lowest BCUT2D eigenvalue weighted by molar-refractivity contribution is -0.121. The zero-order chi connectivity index (χ0) is 23.5. The fraction of sp³-hybridized carbons (Fsp3) is 0.238. The Balaban J connectivity index is 1.93. The van der Waals surface area contributed by atoms with Crippen molar-refractivity contribution in [3.8, 4) is 11.1 Å². The Labute approximate surface area is 192 Å². The molecule has 0 saturated heterocycles. The molecule has 0 atom stereocenters. The number of carbonyl (C=O) groups excluding carboxylic acids is 1. The smallest absolute Gasteiger partial charge is 0.299 e. The van der Waals surface area contributed by atoms with Crippen LogP contribution in [0, 0.1) is 6.92 Å². The number of rotatable bonds is 8. The minimum Gasteiger partial charge on any atom is -0.299 e. The Morgan fingerprint density at radius 3 is 2.41 bits per heavy atom. The Morgan fingerprint density at radius 1 is 1.12 bits per heavy atom. The van der Waals surface area contributed by atoms with E-state index in [0.29, 0.717) is 26.2 Å². The molecule has 0 fully saturated rings. The van der Waals surface area contributed by atoms with Gasteiger partial charge in [0.05, 0.1) is 17.0 Å². The number of halogens is 4. The molecule has 0 aliphatic carbocycles. The monoisotopic (exact) mass is 502 g/mol. The number of nitrogens with zero attached hydrogens (tertiary/aromatic N) is 1. The number of benzene rings is 2. The number of hydrogen-bond acceptors (Lipinski definition) is 5. The van der Waals surface area contributed by atoms with Crippen molar-refractivity contribution >= 4 is 38.7 Å². The van der Waals surface area contributed by atoms with E-state index < -0.39 is 22.7 Å². The van der Waals surface area contributed by atoms with Crippen LogP contribution in [0.1, 0.15) is 16.3 Å². The van der Waals surface area contributed by atoms with Crippen LogP contribution < -0.4 is 4.72 Å². The van der Waals surface area contributed by atoms with Crippen molar-refractivity contribution in [1.29, 1.82) is 0 Å². The number of ketones is 1. The van der Waals surface area contributed by atoms with E-state index in [1.165, 1.54) is 29.5 Å². The third-order valence-corrected chi connectivity index (χ3v) is 7.30. The molecule has 1 heterocycles. The van der Waals surface area contributed by atoms with Crippen LogP contribution in [0.5, 0.6) is 0 Å². The number of nitrogens with one attached hydrogen (secondary N) is 1. The molecule has 2 aromatic carbocycles. The van der Waals surface area contributed by atoms with E-state index >= 15 is 0 Å². The van der Waals surface area contributed by atoms with Crippen molar-refractivity contribution in [3.63, 3.8) is 0 Å². The summed E-state index contributed by atoms with van der Waals surface area (Å²) in [5.74, 6) is -0.231. The van der Waals surface area contributed by atoms with Crippen molar-refractivity contribution in [2.24, 2.45) is 0 Å². The quantitative estimate of drug-likeness (QED) is 0.472. The molecule has 0 spiro atoms. The molecule has 32 heavy (non-hydrogen) atoms. The number of sulfonamides is 1. The Kier molecular flexibility index (Phi) is 7.39. The van der Waals surface area contributed by atoms with Crippen molar-refractivity contribution in [3.05, 3.63) is 69.1 Å². The largest absolute Gasteiger partial charge is 0.402 e. The molecule has 3 aromatic rings. The van der Waals surface area contributed by atoms with E-state index in [2.05, 4.69) is 4.98 Å². The summed E-state index contributed by atoms with van der Waals surface area (Å²) < 4.78 is 64.3. The highest BCUT2D eigenvalue weighted by atomic mass is 35.5. The Bertz CT molecular complexity index is 1210. The van der Waals surface area contributed by atoms with E-state index in [-0.39, 0.29) is 23.5 Å². The number of alkyl halides is 3. The highest BCUT2D eigenvalue weighted by Gasteiger charge is 2.30. The van der Waals surface area contributed by atoms with Crippen LogP contribution in [0.2, 0.25) is 4.34 Å². The van der Waals surface area contributed by atoms with Gasteiger partial charge >= 0.3 is 6.18 Å². The average Bonchev–Trinajstić information content (AvgIpc) is 3.03. The van der Waals surface area contributed by atoms with E-state index in [1.54, 1.807) is 35.9 Å². The standard InChI is InChI=1S/C21H18ClF3N2O3S2/c1-13-20(22)31-19(27-13)11-16(28)9-15-10-17(32(29,30)26-12-21(23,24)25)7-8-18(15)14-5-3-2-4-6-14/h2-8,10,26H,9,11-12H2,1H3. The van der Waals surface area contributed by atoms with Crippen LogP contribution in [0.15, 0.2) is 53.4 Å². The van der Waals surface area contributed by atoms with Gasteiger partial charge in [-0.15, -0.1) is 11.3 Å². The van der Waals surface area contributed by atoms with Crippen molar-refractivity contribution in [2.75, 3.05) is 6.54 Å². The van der Waals surface area contributed by atoms with Gasteiger partial charge in [-0.05, 0) is 35.7 Å². The highest BCUT2D eigenvalue weighted by Crippen LogP contribution is 2.28. The zero-order valence-corrected chi connectivity index (χ0v) is 19.1. The summed E-state index contributed by atoms with van der Waals surface area (Å²) in [6.07, 6.45) is -4.80. The first-order chi connectivity index (χ1) is 14.9. The predicted octanol–water partition coefficient (Wildman–Crippen LogP) is 4.97. The summed E-state index contributed by atoms with van der Waals surface area (Å²) in [7, 11) is -4.42. The van der Waals surface area contributed by atoms with Crippen LogP contribution in [0.4, 0.5) is 13.2 Å². The summed E-state index contributed by atoms with van der Waals surface area (Å²) in [5.41, 5.74) is 2.36. The normalized spacial score (nSPS) is 12.2. The highest BCUT2D eigenvalue weighted by molar-refractivity contribution is 7.89. The van der Waals surface area contributed by atoms with Crippen molar-refractivity contribution < 1.29 is 26.4 Å². The molecule has 11 heteroatoms. The van der Waals surface area contributed by atoms with Gasteiger partial charge in [-0.3, -0.25) is 4.79 Å². The molecule has 0 amide bonds. The lowest BCUT2D eigenvalue weighted by Crippen LogP contribution is -2.33. The number of aryl methyl sites for hydroxylation is 1. The lowest BCUT2D eigenvalue weighted by atomic mass is 9.96. The molecule has 1 N–H and O–H groups in total. The zero-order valence-electron chi connectivity index (χ0n) is 16.7. The summed E-state index contributed by atoms with van der Waals surface area (Å²) in [6.45, 7) is 0.0385. The molecule has 0 aliphatic heterocycles. The summed E-state index contributed by atoms with van der Waals surface area (Å²) in [4.78, 5) is 16.6. The van der Waals surface area contributed by atoms with Crippen LogP contribution in [-0.2, 0) is 27.7 Å². The first kappa shape index (κ1) is 24.4. The number of thiazole rings is 1. The van der Waals surface area contributed by atoms with Gasteiger partial charge in [-0.25, -0.2) is 18.1 Å². The molecular formula is C21H18ClF3N2O3S2. The van der Waals surface area contributed by atoms with Crippen molar-refractivity contribution in [1.82, 2.24) is 9.71 Å². The molecule has 0 bridgehead atoms. The van der Waals surface area contributed by atoms with Crippen LogP contribution in [-0.4, -0.2) is 31.9 Å². The van der Waals surface area contributed by atoms with Gasteiger partial charge < -0.3 is 0 Å². The van der Waals surface area contributed by atoms with E-state index in [0.717, 1.165) is 5.56 Å². The third-order valence-electron chi connectivity index (χ3n) is 4.45. The second kappa shape index (κ2) is 9.70. The minimum atomic E-state index is -4.69. The summed E-state index contributed by atoms with van der Waals surface area (Å²) in [6, 6.07) is 12.9. The fourth-order valence-electron chi connectivity index (χ4n) is 2.99. The van der Waals surface area contributed by atoms with Gasteiger partial charge in [-0.1, -0.05) is 48.0 Å². The van der Waals surface area contributed by atoms with Gasteiger partial charge in [0.25, 0.3) is 0 Å². The van der Waals surface area contributed by atoms with Gasteiger partial charge in [0.15, 0.2) is 0 Å². The van der Waals surface area contributed by atoms with Crippen molar-refractivity contribution in [2.45, 2.75) is 30.8 Å². The van der Waals surface area contributed by atoms with Gasteiger partial charge in [0.2, 0.25) is 10.0 Å². The molecule has 3 rings (SSSR count). The average molecular weight is 503 g/mol. The van der Waals surface area contributed by atoms with E-state index in [9.17, 15) is 26.4 Å². The van der Waals surface area contributed by atoms with Crippen LogP contribution >= 0.6 is 22.9 Å². The van der Waals surface area contributed by atoms with Gasteiger partial charge in [0, 0.05) is 6.42 Å². The first-order valence-corrected chi connectivity index (χ1v) is 12.0. The topological polar surface area (TPSA) is 76.1 Å². The maximum atomic E-state index is 12.7. The second-order valence-electron chi connectivity index (χ2n) is 6.98. The van der Waals surface area contributed by atoms with Crippen LogP contribution in [0.3, 0.4) is 0 Å². The molecule has 170 valence electrons. The Hall–Kier alpha value is -2.27. The molecule has 0 unspecified atom stereocenters. The lowest BCUT2D eigenvalue weighted by Gasteiger charge is -2.14. The predicted molar refractivity (Wildman–Crippen MR) is 117 cm³/mol. The number of hydrogen-bond donors (Lipinski definition) is 1. The molecule has 1 aromatic heterocycles. The molecule has 0 aliphatic rings. The molecular weight excluding hydrogens is 485 g/mol. The van der Waals surface area contributed by atoms with Crippen LogP contribution in [0.25, 0.3) is 11.1 Å². The minimum absolute atomic E-state index is 0.00968. The summed E-state index contributed by atoms with van der Waals surface area (Å²) in [5, 5.41) is 0.536. The van der Waals surface area contributed by atoms with E-state index in [4.69, 9.17) is 11.6 Å². The molecule has 0 saturated carbocycles. The van der Waals surface area contributed by atoms with Gasteiger partial charge in [-0.2, -0.15) is 13.2 Å². The SMILES string of the molecule is Cc1nc(CC(=O)Cc2cc(S(=O)(=O)NCC(F)(F)F)ccc2-c2ccccc2)sc1Cl. The number of carbonyl (C=O) groups is 1. The maximum Gasteiger partial charge on any atom is 0.402 e. The third kappa shape index (κ3) is 6.38. The number of Topliss-reactive ketones (excluding diaryl/α,β-unsaturated/α-hetero) is 1. The number of aromatic nitrogens is 1. The van der Waals surface area contributed by atoms with Gasteiger partial charge in [0.1, 0.15) is 21.7 Å². The Morgan fingerprint density at radius 2 is 1.81 bits per heavy atom. The van der Waals surface area contributed by atoms with E-state index in [1.807, 2.05) is 6.07 Å². The summed E-state index contributed by atoms with van der Waals surface area (Å²) >= 11 is 7.19. The maximum absolute atomic E-state index is 12.7.